The van der Waals surface area contributed by atoms with Gasteiger partial charge in [-0.1, -0.05) is 18.2 Å². The predicted octanol–water partition coefficient (Wildman–Crippen LogP) is 1.75. The first-order valence-electron chi connectivity index (χ1n) is 4.68. The second-order valence-electron chi connectivity index (χ2n) is 3.34. The van der Waals surface area contributed by atoms with Crippen LogP contribution in [0.1, 0.15) is 5.56 Å². The molecular formula is C10H12N2O4. The SMILES string of the molecule is CN(CCc1ccccc1[N+](=O)[O-])C(=O)O. The molecular weight excluding hydrogens is 212 g/mol. The highest BCUT2D eigenvalue weighted by atomic mass is 16.6. The van der Waals surface area contributed by atoms with Crippen LogP contribution in [0.25, 0.3) is 0 Å². The van der Waals surface area contributed by atoms with Gasteiger partial charge in [0.2, 0.25) is 0 Å². The molecule has 0 aliphatic rings. The highest BCUT2D eigenvalue weighted by molar-refractivity contribution is 5.64. The summed E-state index contributed by atoms with van der Waals surface area (Å²) < 4.78 is 0. The van der Waals surface area contributed by atoms with Crippen molar-refractivity contribution in [2.24, 2.45) is 0 Å². The molecule has 1 N–H and O–H groups in total. The first-order chi connectivity index (χ1) is 7.52. The first-order valence-corrected chi connectivity index (χ1v) is 4.68. The molecule has 0 unspecified atom stereocenters. The number of benzene rings is 1. The molecule has 0 fully saturated rings. The van der Waals surface area contributed by atoms with Crippen molar-refractivity contribution in [1.29, 1.82) is 0 Å². The fourth-order valence-electron chi connectivity index (χ4n) is 1.28. The Morgan fingerprint density at radius 1 is 1.50 bits per heavy atom. The van der Waals surface area contributed by atoms with E-state index in [1.165, 1.54) is 13.1 Å². The van der Waals surface area contributed by atoms with Gasteiger partial charge in [-0.05, 0) is 6.42 Å². The topological polar surface area (TPSA) is 83.7 Å². The minimum atomic E-state index is -1.04. The maximum atomic E-state index is 10.7. The van der Waals surface area contributed by atoms with E-state index in [-0.39, 0.29) is 12.2 Å². The molecule has 0 aromatic heterocycles. The quantitative estimate of drug-likeness (QED) is 0.623. The fraction of sp³-hybridized carbons (Fsp3) is 0.300. The number of nitro benzene ring substituents is 1. The van der Waals surface area contributed by atoms with Gasteiger partial charge in [0.05, 0.1) is 4.92 Å². The minimum Gasteiger partial charge on any atom is -0.465 e. The lowest BCUT2D eigenvalue weighted by atomic mass is 10.1. The normalized spacial score (nSPS) is 9.81. The van der Waals surface area contributed by atoms with E-state index in [9.17, 15) is 14.9 Å². The maximum Gasteiger partial charge on any atom is 0.407 e. The van der Waals surface area contributed by atoms with Gasteiger partial charge in [-0.2, -0.15) is 0 Å². The summed E-state index contributed by atoms with van der Waals surface area (Å²) in [5.41, 5.74) is 0.571. The number of nitro groups is 1. The molecule has 6 nitrogen and oxygen atoms in total. The van der Waals surface area contributed by atoms with Crippen molar-refractivity contribution in [2.75, 3.05) is 13.6 Å². The van der Waals surface area contributed by atoms with E-state index in [1.807, 2.05) is 0 Å². The number of carboxylic acid groups (broad SMARTS) is 1. The number of carbonyl (C=O) groups is 1. The summed E-state index contributed by atoms with van der Waals surface area (Å²) in [4.78, 5) is 21.8. The highest BCUT2D eigenvalue weighted by Crippen LogP contribution is 2.18. The molecule has 1 rings (SSSR count). The first kappa shape index (κ1) is 12.0. The molecule has 86 valence electrons. The maximum absolute atomic E-state index is 10.7. The number of hydrogen-bond donors (Lipinski definition) is 1. The smallest absolute Gasteiger partial charge is 0.407 e. The zero-order chi connectivity index (χ0) is 12.1. The van der Waals surface area contributed by atoms with Crippen LogP contribution in [0.2, 0.25) is 0 Å². The standard InChI is InChI=1S/C10H12N2O4/c1-11(10(13)14)7-6-8-4-2-3-5-9(8)12(15)16/h2-5H,6-7H2,1H3,(H,13,14). The van der Waals surface area contributed by atoms with Crippen LogP contribution in [0.4, 0.5) is 10.5 Å². The van der Waals surface area contributed by atoms with E-state index in [0.717, 1.165) is 4.90 Å². The summed E-state index contributed by atoms with van der Waals surface area (Å²) in [6.45, 7) is 0.236. The van der Waals surface area contributed by atoms with Crippen molar-refractivity contribution in [2.45, 2.75) is 6.42 Å². The predicted molar refractivity (Wildman–Crippen MR) is 57.5 cm³/mol. The van der Waals surface area contributed by atoms with Gasteiger partial charge < -0.3 is 10.0 Å². The van der Waals surface area contributed by atoms with Gasteiger partial charge in [-0.3, -0.25) is 10.1 Å². The Hall–Kier alpha value is -2.11. The molecule has 6 heteroatoms. The number of para-hydroxylation sites is 1. The number of rotatable bonds is 4. The molecule has 0 bridgehead atoms. The summed E-state index contributed by atoms with van der Waals surface area (Å²) in [5.74, 6) is 0. The van der Waals surface area contributed by atoms with Crippen LogP contribution in [0.15, 0.2) is 24.3 Å². The summed E-state index contributed by atoms with van der Waals surface area (Å²) in [5, 5.41) is 19.3. The third kappa shape index (κ3) is 2.94. The molecule has 1 aromatic rings. The Bertz CT molecular complexity index is 406. The summed E-state index contributed by atoms with van der Waals surface area (Å²) in [7, 11) is 1.43. The van der Waals surface area contributed by atoms with Gasteiger partial charge in [0.1, 0.15) is 0 Å². The molecule has 0 atom stereocenters. The van der Waals surface area contributed by atoms with E-state index in [1.54, 1.807) is 18.2 Å². The van der Waals surface area contributed by atoms with Gasteiger partial charge in [0.15, 0.2) is 0 Å². The molecule has 0 saturated carbocycles. The van der Waals surface area contributed by atoms with Gasteiger partial charge in [-0.15, -0.1) is 0 Å². The van der Waals surface area contributed by atoms with Gasteiger partial charge >= 0.3 is 6.09 Å². The largest absolute Gasteiger partial charge is 0.465 e. The summed E-state index contributed by atoms with van der Waals surface area (Å²) in [6, 6.07) is 6.33. The Kier molecular flexibility index (Phi) is 3.82. The second kappa shape index (κ2) is 5.11. The number of nitrogens with zero attached hydrogens (tertiary/aromatic N) is 2. The van der Waals surface area contributed by atoms with Crippen LogP contribution < -0.4 is 0 Å². The lowest BCUT2D eigenvalue weighted by Crippen LogP contribution is -2.26. The number of amides is 1. The van der Waals surface area contributed by atoms with E-state index in [4.69, 9.17) is 5.11 Å². The zero-order valence-electron chi connectivity index (χ0n) is 8.79. The van der Waals surface area contributed by atoms with Crippen molar-refractivity contribution in [3.05, 3.63) is 39.9 Å². The Morgan fingerprint density at radius 2 is 2.12 bits per heavy atom. The van der Waals surface area contributed by atoms with Crippen LogP contribution in [0.3, 0.4) is 0 Å². The third-order valence-electron chi connectivity index (χ3n) is 2.23. The number of likely N-dealkylation sites (N-methyl/N-ethyl adjacent to an activating group) is 1. The van der Waals surface area contributed by atoms with Gasteiger partial charge in [0, 0.05) is 25.2 Å². The van der Waals surface area contributed by atoms with Crippen LogP contribution in [-0.2, 0) is 6.42 Å². The van der Waals surface area contributed by atoms with Gasteiger partial charge in [0.25, 0.3) is 5.69 Å². The van der Waals surface area contributed by atoms with Crippen LogP contribution in [-0.4, -0.2) is 34.6 Å². The highest BCUT2D eigenvalue weighted by Gasteiger charge is 2.13. The lowest BCUT2D eigenvalue weighted by Gasteiger charge is -2.12. The Labute approximate surface area is 92.3 Å². The van der Waals surface area contributed by atoms with Crippen LogP contribution in [0, 0.1) is 10.1 Å². The molecule has 0 aliphatic heterocycles. The Balaban J connectivity index is 2.74. The van der Waals surface area contributed by atoms with E-state index >= 15 is 0 Å². The molecule has 0 spiro atoms. The van der Waals surface area contributed by atoms with Crippen molar-refractivity contribution >= 4 is 11.8 Å². The third-order valence-corrected chi connectivity index (χ3v) is 2.23. The molecule has 0 aliphatic carbocycles. The Morgan fingerprint density at radius 3 is 2.69 bits per heavy atom. The van der Waals surface area contributed by atoms with Crippen molar-refractivity contribution in [3.8, 4) is 0 Å². The molecule has 1 aromatic carbocycles. The van der Waals surface area contributed by atoms with Crippen molar-refractivity contribution < 1.29 is 14.8 Å². The van der Waals surface area contributed by atoms with E-state index in [2.05, 4.69) is 0 Å². The number of hydrogen-bond acceptors (Lipinski definition) is 3. The molecule has 16 heavy (non-hydrogen) atoms. The zero-order valence-corrected chi connectivity index (χ0v) is 8.79. The summed E-state index contributed by atoms with van der Waals surface area (Å²) >= 11 is 0. The minimum absolute atomic E-state index is 0.0290. The molecule has 0 saturated heterocycles. The molecule has 1 amide bonds. The molecule has 0 heterocycles. The van der Waals surface area contributed by atoms with Crippen LogP contribution >= 0.6 is 0 Å². The average Bonchev–Trinajstić information content (AvgIpc) is 2.25. The lowest BCUT2D eigenvalue weighted by molar-refractivity contribution is -0.385. The molecule has 0 radical (unpaired) electrons. The van der Waals surface area contributed by atoms with Crippen molar-refractivity contribution in [3.63, 3.8) is 0 Å². The fourth-order valence-corrected chi connectivity index (χ4v) is 1.28. The summed E-state index contributed by atoms with van der Waals surface area (Å²) in [6.07, 6.45) is -0.710. The average molecular weight is 224 g/mol. The van der Waals surface area contributed by atoms with E-state index < -0.39 is 11.0 Å². The monoisotopic (exact) mass is 224 g/mol. The van der Waals surface area contributed by atoms with Crippen LogP contribution in [0.5, 0.6) is 0 Å². The second-order valence-corrected chi connectivity index (χ2v) is 3.34. The van der Waals surface area contributed by atoms with Gasteiger partial charge in [-0.25, -0.2) is 4.79 Å². The van der Waals surface area contributed by atoms with E-state index in [0.29, 0.717) is 12.0 Å². The van der Waals surface area contributed by atoms with Crippen molar-refractivity contribution in [1.82, 2.24) is 4.90 Å².